The van der Waals surface area contributed by atoms with E-state index in [2.05, 4.69) is 26.2 Å². The van der Waals surface area contributed by atoms with Crippen molar-refractivity contribution in [2.75, 3.05) is 11.9 Å². The molecule has 0 amide bonds. The van der Waals surface area contributed by atoms with Crippen LogP contribution < -0.4 is 5.32 Å². The number of aliphatic hydroxyl groups is 1. The molecule has 1 aromatic rings. The minimum Gasteiger partial charge on any atom is -0.393 e. The van der Waals surface area contributed by atoms with Gasteiger partial charge in [-0.2, -0.15) is 0 Å². The van der Waals surface area contributed by atoms with Crippen molar-refractivity contribution in [1.82, 2.24) is 4.98 Å². The quantitative estimate of drug-likeness (QED) is 0.900. The third-order valence-electron chi connectivity index (χ3n) is 2.83. The van der Waals surface area contributed by atoms with Gasteiger partial charge < -0.3 is 10.4 Å². The molecule has 0 saturated heterocycles. The molecule has 0 aliphatic heterocycles. The first kappa shape index (κ1) is 11.4. The fraction of sp³-hybridized carbons (Fsp3) is 0.700. The van der Waals surface area contributed by atoms with Gasteiger partial charge in [-0.1, -0.05) is 0 Å². The molecule has 1 aliphatic carbocycles. The standard InChI is InChI=1S/C10H15BrN2OS/c11-9-6-15-10(13-9)12-5-7-1-3-8(14)4-2-7/h6-8,14H,1-5H2,(H,12,13). The maximum Gasteiger partial charge on any atom is 0.183 e. The van der Waals surface area contributed by atoms with Crippen molar-refractivity contribution in [2.45, 2.75) is 31.8 Å². The summed E-state index contributed by atoms with van der Waals surface area (Å²) in [4.78, 5) is 4.28. The monoisotopic (exact) mass is 290 g/mol. The zero-order valence-electron chi connectivity index (χ0n) is 8.45. The number of aromatic nitrogens is 1. The van der Waals surface area contributed by atoms with E-state index in [4.69, 9.17) is 0 Å². The minimum atomic E-state index is -0.0599. The van der Waals surface area contributed by atoms with Crippen molar-refractivity contribution in [3.63, 3.8) is 0 Å². The van der Waals surface area contributed by atoms with Gasteiger partial charge in [-0.05, 0) is 47.5 Å². The largest absolute Gasteiger partial charge is 0.393 e. The van der Waals surface area contributed by atoms with Crippen LogP contribution in [0.3, 0.4) is 0 Å². The molecule has 0 unspecified atom stereocenters. The highest BCUT2D eigenvalue weighted by atomic mass is 79.9. The van der Waals surface area contributed by atoms with E-state index in [0.717, 1.165) is 42.0 Å². The van der Waals surface area contributed by atoms with Crippen molar-refractivity contribution in [3.8, 4) is 0 Å². The lowest BCUT2D eigenvalue weighted by molar-refractivity contribution is 0.111. The van der Waals surface area contributed by atoms with E-state index in [1.54, 1.807) is 11.3 Å². The molecule has 2 rings (SSSR count). The van der Waals surface area contributed by atoms with Gasteiger partial charge in [0.15, 0.2) is 5.13 Å². The Morgan fingerprint density at radius 1 is 1.47 bits per heavy atom. The second kappa shape index (κ2) is 5.27. The van der Waals surface area contributed by atoms with Gasteiger partial charge in [-0.15, -0.1) is 11.3 Å². The SMILES string of the molecule is OC1CCC(CNc2nc(Br)cs2)CC1. The van der Waals surface area contributed by atoms with Crippen LogP contribution in [-0.2, 0) is 0 Å². The first-order valence-corrected chi connectivity index (χ1v) is 6.94. The number of aliphatic hydroxyl groups excluding tert-OH is 1. The van der Waals surface area contributed by atoms with Gasteiger partial charge in [0.1, 0.15) is 4.60 Å². The fourth-order valence-electron chi connectivity index (χ4n) is 1.92. The van der Waals surface area contributed by atoms with E-state index < -0.39 is 0 Å². The lowest BCUT2D eigenvalue weighted by Crippen LogP contribution is -2.23. The van der Waals surface area contributed by atoms with Crippen LogP contribution in [0.15, 0.2) is 9.98 Å². The molecule has 84 valence electrons. The molecule has 1 fully saturated rings. The Balaban J connectivity index is 1.74. The summed E-state index contributed by atoms with van der Waals surface area (Å²) in [6.45, 7) is 0.979. The molecule has 1 aliphatic rings. The number of nitrogens with zero attached hydrogens (tertiary/aromatic N) is 1. The maximum atomic E-state index is 9.38. The van der Waals surface area contributed by atoms with Crippen LogP contribution in [0.2, 0.25) is 0 Å². The Kier molecular flexibility index (Phi) is 3.99. The van der Waals surface area contributed by atoms with Gasteiger partial charge >= 0.3 is 0 Å². The van der Waals surface area contributed by atoms with E-state index in [1.165, 1.54) is 0 Å². The molecule has 1 saturated carbocycles. The molecule has 5 heteroatoms. The van der Waals surface area contributed by atoms with Crippen LogP contribution in [0, 0.1) is 5.92 Å². The van der Waals surface area contributed by atoms with Crippen LogP contribution in [0.4, 0.5) is 5.13 Å². The smallest absolute Gasteiger partial charge is 0.183 e. The van der Waals surface area contributed by atoms with Crippen LogP contribution in [-0.4, -0.2) is 22.7 Å². The van der Waals surface area contributed by atoms with E-state index in [1.807, 2.05) is 5.38 Å². The zero-order valence-corrected chi connectivity index (χ0v) is 10.9. The Hall–Kier alpha value is -0.130. The highest BCUT2D eigenvalue weighted by Crippen LogP contribution is 2.25. The lowest BCUT2D eigenvalue weighted by Gasteiger charge is -2.25. The van der Waals surface area contributed by atoms with Crippen molar-refractivity contribution in [3.05, 3.63) is 9.98 Å². The predicted octanol–water partition coefficient (Wildman–Crippen LogP) is 2.87. The van der Waals surface area contributed by atoms with Gasteiger partial charge in [0, 0.05) is 11.9 Å². The van der Waals surface area contributed by atoms with Crippen LogP contribution in [0.1, 0.15) is 25.7 Å². The van der Waals surface area contributed by atoms with Gasteiger partial charge in [0.2, 0.25) is 0 Å². The molecular formula is C10H15BrN2OS. The molecule has 15 heavy (non-hydrogen) atoms. The summed E-state index contributed by atoms with van der Waals surface area (Å²) in [5.41, 5.74) is 0. The minimum absolute atomic E-state index is 0.0599. The van der Waals surface area contributed by atoms with Gasteiger partial charge in [0.05, 0.1) is 6.10 Å². The summed E-state index contributed by atoms with van der Waals surface area (Å²) in [7, 11) is 0. The Morgan fingerprint density at radius 2 is 2.20 bits per heavy atom. The van der Waals surface area contributed by atoms with Crippen molar-refractivity contribution in [2.24, 2.45) is 5.92 Å². The average Bonchev–Trinajstić information content (AvgIpc) is 2.64. The summed E-state index contributed by atoms with van der Waals surface area (Å²) < 4.78 is 0.897. The molecule has 0 radical (unpaired) electrons. The molecule has 0 atom stereocenters. The third-order valence-corrected chi connectivity index (χ3v) is 4.34. The van der Waals surface area contributed by atoms with Crippen molar-refractivity contribution >= 4 is 32.4 Å². The van der Waals surface area contributed by atoms with Crippen molar-refractivity contribution in [1.29, 1.82) is 0 Å². The second-order valence-electron chi connectivity index (χ2n) is 4.03. The normalized spacial score (nSPS) is 26.5. The Morgan fingerprint density at radius 3 is 2.80 bits per heavy atom. The number of halogens is 1. The number of thiazole rings is 1. The van der Waals surface area contributed by atoms with Crippen LogP contribution in [0.5, 0.6) is 0 Å². The summed E-state index contributed by atoms with van der Waals surface area (Å²) >= 11 is 4.95. The molecule has 1 heterocycles. The first-order valence-electron chi connectivity index (χ1n) is 5.27. The Labute approximate surface area is 102 Å². The van der Waals surface area contributed by atoms with Gasteiger partial charge in [-0.3, -0.25) is 0 Å². The van der Waals surface area contributed by atoms with E-state index >= 15 is 0 Å². The predicted molar refractivity (Wildman–Crippen MR) is 66.3 cm³/mol. The highest BCUT2D eigenvalue weighted by molar-refractivity contribution is 9.10. The Bertz CT molecular complexity index is 310. The molecular weight excluding hydrogens is 276 g/mol. The number of nitrogens with one attached hydrogen (secondary N) is 1. The van der Waals surface area contributed by atoms with Crippen LogP contribution in [0.25, 0.3) is 0 Å². The molecule has 0 spiro atoms. The van der Waals surface area contributed by atoms with Gasteiger partial charge in [0.25, 0.3) is 0 Å². The summed E-state index contributed by atoms with van der Waals surface area (Å²) in [5, 5.41) is 15.7. The molecule has 1 aromatic heterocycles. The van der Waals surface area contributed by atoms with Crippen molar-refractivity contribution < 1.29 is 5.11 Å². The second-order valence-corrected chi connectivity index (χ2v) is 5.70. The number of hydrogen-bond donors (Lipinski definition) is 2. The van der Waals surface area contributed by atoms with E-state index in [-0.39, 0.29) is 6.10 Å². The lowest BCUT2D eigenvalue weighted by atomic mass is 9.87. The van der Waals surface area contributed by atoms with E-state index in [0.29, 0.717) is 5.92 Å². The van der Waals surface area contributed by atoms with E-state index in [9.17, 15) is 5.11 Å². The fourth-order valence-corrected chi connectivity index (χ4v) is 3.07. The maximum absolute atomic E-state index is 9.38. The molecule has 3 nitrogen and oxygen atoms in total. The zero-order chi connectivity index (χ0) is 10.7. The van der Waals surface area contributed by atoms with Crippen LogP contribution >= 0.6 is 27.3 Å². The summed E-state index contributed by atoms with van der Waals surface area (Å²) in [6.07, 6.45) is 4.10. The van der Waals surface area contributed by atoms with Gasteiger partial charge in [-0.25, -0.2) is 4.98 Å². The average molecular weight is 291 g/mol. The molecule has 2 N–H and O–H groups in total. The topological polar surface area (TPSA) is 45.1 Å². The molecule has 0 bridgehead atoms. The number of anilines is 1. The number of hydrogen-bond acceptors (Lipinski definition) is 4. The summed E-state index contributed by atoms with van der Waals surface area (Å²) in [5.74, 6) is 0.691. The number of rotatable bonds is 3. The summed E-state index contributed by atoms with van der Waals surface area (Å²) in [6, 6.07) is 0. The third kappa shape index (κ3) is 3.43. The highest BCUT2D eigenvalue weighted by Gasteiger charge is 2.19. The first-order chi connectivity index (χ1) is 7.24. The molecule has 0 aromatic carbocycles.